The number of carbonyl (C=O) groups excluding carboxylic acids is 3. The number of hydrogen-bond acceptors (Lipinski definition) is 5. The van der Waals surface area contributed by atoms with Crippen LogP contribution in [0.4, 0.5) is 10.5 Å². The number of nitrogens with zero attached hydrogens (tertiary/aromatic N) is 1. The van der Waals surface area contributed by atoms with Gasteiger partial charge in [0.15, 0.2) is 0 Å². The summed E-state index contributed by atoms with van der Waals surface area (Å²) in [6.45, 7) is 14.7. The Morgan fingerprint density at radius 2 is 1.73 bits per heavy atom. The summed E-state index contributed by atoms with van der Waals surface area (Å²) < 4.78 is 5.50. The fourth-order valence-electron chi connectivity index (χ4n) is 4.77. The molecule has 0 saturated carbocycles. The van der Waals surface area contributed by atoms with Crippen molar-refractivity contribution in [1.29, 1.82) is 0 Å². The number of nitrogens with one attached hydrogen (secondary N) is 2. The highest BCUT2D eigenvalue weighted by Crippen LogP contribution is 2.32. The minimum absolute atomic E-state index is 0.0756. The lowest BCUT2D eigenvalue weighted by Gasteiger charge is -2.38. The molecular weight excluding hydrogens is 578 g/mol. The lowest BCUT2D eigenvalue weighted by atomic mass is 9.96. The Labute approximate surface area is 265 Å². The summed E-state index contributed by atoms with van der Waals surface area (Å²) in [6.07, 6.45) is 1.53. The number of alkyl carbamates (subject to hydrolysis) is 1. The van der Waals surface area contributed by atoms with Crippen LogP contribution in [-0.2, 0) is 20.7 Å². The molecule has 3 amide bonds. The van der Waals surface area contributed by atoms with E-state index in [1.165, 1.54) is 17.0 Å². The summed E-state index contributed by atoms with van der Waals surface area (Å²) in [6, 6.07) is 16.4. The molecule has 3 aromatic rings. The van der Waals surface area contributed by atoms with E-state index in [9.17, 15) is 19.5 Å². The van der Waals surface area contributed by atoms with Gasteiger partial charge in [0.05, 0.1) is 10.7 Å². The second kappa shape index (κ2) is 14.9. The summed E-state index contributed by atoms with van der Waals surface area (Å²) in [4.78, 5) is 43.5. The third-order valence-corrected chi connectivity index (χ3v) is 7.46. The monoisotopic (exact) mass is 619 g/mol. The van der Waals surface area contributed by atoms with Crippen LogP contribution in [0.1, 0.15) is 69.3 Å². The molecule has 0 spiro atoms. The van der Waals surface area contributed by atoms with Gasteiger partial charge in [-0.3, -0.25) is 9.59 Å². The quantitative estimate of drug-likeness (QED) is 0.207. The van der Waals surface area contributed by atoms with Crippen LogP contribution in [0.25, 0.3) is 6.08 Å². The average molecular weight is 620 g/mol. The molecule has 3 rings (SSSR count). The van der Waals surface area contributed by atoms with Crippen LogP contribution in [0.15, 0.2) is 73.3 Å². The van der Waals surface area contributed by atoms with Crippen molar-refractivity contribution in [2.45, 2.75) is 78.1 Å². The first kappa shape index (κ1) is 34.2. The molecule has 234 valence electrons. The minimum Gasteiger partial charge on any atom is -0.508 e. The Morgan fingerprint density at radius 3 is 2.32 bits per heavy atom. The predicted octanol–water partition coefficient (Wildman–Crippen LogP) is 7.44. The first-order valence-electron chi connectivity index (χ1n) is 14.6. The van der Waals surface area contributed by atoms with Crippen LogP contribution in [0.5, 0.6) is 5.75 Å². The smallest absolute Gasteiger partial charge is 0.408 e. The third kappa shape index (κ3) is 9.10. The van der Waals surface area contributed by atoms with E-state index in [0.717, 1.165) is 11.1 Å². The van der Waals surface area contributed by atoms with Crippen LogP contribution in [0.2, 0.25) is 5.02 Å². The Hall–Kier alpha value is -4.30. The zero-order chi connectivity index (χ0) is 32.6. The van der Waals surface area contributed by atoms with Crippen LogP contribution in [0, 0.1) is 6.92 Å². The molecule has 44 heavy (non-hydrogen) atoms. The summed E-state index contributed by atoms with van der Waals surface area (Å²) in [5.74, 6) is -0.860. The molecule has 0 aromatic heterocycles. The number of amides is 3. The standard InChI is InChI=1S/C35H42ClN3O5/c1-8-23(4)39(33(42)29(37-34(43)44-35(5,6)7)21-25-16-18-27(40)19-17-25)31(26-14-11-13-24(9-2)20-26)32(41)38-30-22(3)12-10-15-28(30)36/h9-20,23,29,31,40H,2,8,21H2,1,3-7H3,(H,37,43)(H,38,41). The minimum atomic E-state index is -1.09. The van der Waals surface area contributed by atoms with Crippen molar-refractivity contribution in [2.75, 3.05) is 5.32 Å². The van der Waals surface area contributed by atoms with Gasteiger partial charge in [0.25, 0.3) is 5.91 Å². The van der Waals surface area contributed by atoms with E-state index >= 15 is 0 Å². The number of anilines is 1. The van der Waals surface area contributed by atoms with Gasteiger partial charge in [-0.05, 0) is 87.6 Å². The van der Waals surface area contributed by atoms with Crippen LogP contribution >= 0.6 is 11.6 Å². The van der Waals surface area contributed by atoms with Crippen LogP contribution < -0.4 is 10.6 Å². The number of halogens is 1. The van der Waals surface area contributed by atoms with E-state index < -0.39 is 41.6 Å². The summed E-state index contributed by atoms with van der Waals surface area (Å²) >= 11 is 6.48. The molecule has 8 nitrogen and oxygen atoms in total. The van der Waals surface area contributed by atoms with Crippen molar-refractivity contribution in [2.24, 2.45) is 0 Å². The van der Waals surface area contributed by atoms with E-state index in [-0.39, 0.29) is 12.2 Å². The molecule has 3 N–H and O–H groups in total. The number of aromatic hydroxyl groups is 1. The number of phenolic OH excluding ortho intramolecular Hbond substituents is 1. The maximum Gasteiger partial charge on any atom is 0.408 e. The SMILES string of the molecule is C=Cc1cccc(C(C(=O)Nc2c(C)cccc2Cl)N(C(=O)C(Cc2ccc(O)cc2)NC(=O)OC(C)(C)C)C(C)CC)c1. The van der Waals surface area contributed by atoms with Crippen molar-refractivity contribution in [3.8, 4) is 5.75 Å². The molecule has 0 saturated heterocycles. The average Bonchev–Trinajstić information content (AvgIpc) is 2.96. The van der Waals surface area contributed by atoms with Gasteiger partial charge < -0.3 is 25.4 Å². The number of ether oxygens (including phenoxy) is 1. The van der Waals surface area contributed by atoms with E-state index in [4.69, 9.17) is 16.3 Å². The van der Waals surface area contributed by atoms with Crippen molar-refractivity contribution >= 4 is 41.3 Å². The summed E-state index contributed by atoms with van der Waals surface area (Å²) in [5, 5.41) is 15.9. The Balaban J connectivity index is 2.15. The fourth-order valence-corrected chi connectivity index (χ4v) is 5.04. The summed E-state index contributed by atoms with van der Waals surface area (Å²) in [7, 11) is 0. The number of hydrogen-bond donors (Lipinski definition) is 3. The Morgan fingerprint density at radius 1 is 1.07 bits per heavy atom. The Bertz CT molecular complexity index is 1460. The normalized spacial score (nSPS) is 13.2. The van der Waals surface area contributed by atoms with E-state index in [2.05, 4.69) is 17.2 Å². The fraction of sp³-hybridized carbons (Fsp3) is 0.343. The van der Waals surface area contributed by atoms with Crippen LogP contribution in [-0.4, -0.2) is 45.6 Å². The van der Waals surface area contributed by atoms with E-state index in [1.807, 2.05) is 39.0 Å². The molecule has 0 heterocycles. The molecule has 0 aliphatic carbocycles. The first-order valence-corrected chi connectivity index (χ1v) is 15.0. The van der Waals surface area contributed by atoms with Crippen LogP contribution in [0.3, 0.4) is 0 Å². The van der Waals surface area contributed by atoms with Gasteiger partial charge in [-0.25, -0.2) is 4.79 Å². The largest absolute Gasteiger partial charge is 0.508 e. The molecule has 0 aliphatic heterocycles. The maximum absolute atomic E-state index is 14.7. The number of para-hydroxylation sites is 1. The number of benzene rings is 3. The topological polar surface area (TPSA) is 108 Å². The molecule has 9 heteroatoms. The highest BCUT2D eigenvalue weighted by Gasteiger charge is 2.39. The van der Waals surface area contributed by atoms with Gasteiger partial charge in [0.2, 0.25) is 5.91 Å². The number of rotatable bonds is 11. The molecule has 3 atom stereocenters. The first-order chi connectivity index (χ1) is 20.7. The zero-order valence-corrected chi connectivity index (χ0v) is 26.9. The molecular formula is C35H42ClN3O5. The molecule has 0 fully saturated rings. The van der Waals surface area contributed by atoms with E-state index in [0.29, 0.717) is 28.3 Å². The second-order valence-electron chi connectivity index (χ2n) is 11.8. The summed E-state index contributed by atoms with van der Waals surface area (Å²) in [5.41, 5.74) is 2.46. The number of phenols is 1. The van der Waals surface area contributed by atoms with Gasteiger partial charge in [-0.15, -0.1) is 0 Å². The lowest BCUT2D eigenvalue weighted by molar-refractivity contribution is -0.143. The highest BCUT2D eigenvalue weighted by molar-refractivity contribution is 6.34. The van der Waals surface area contributed by atoms with Gasteiger partial charge in [-0.2, -0.15) is 0 Å². The predicted molar refractivity (Wildman–Crippen MR) is 176 cm³/mol. The van der Waals surface area contributed by atoms with Crippen molar-refractivity contribution in [1.82, 2.24) is 10.2 Å². The second-order valence-corrected chi connectivity index (χ2v) is 12.2. The van der Waals surface area contributed by atoms with Crippen molar-refractivity contribution < 1.29 is 24.2 Å². The molecule has 0 aliphatic rings. The molecule has 3 aromatic carbocycles. The third-order valence-electron chi connectivity index (χ3n) is 7.14. The van der Waals surface area contributed by atoms with Gasteiger partial charge >= 0.3 is 6.09 Å². The van der Waals surface area contributed by atoms with E-state index in [1.54, 1.807) is 63.2 Å². The van der Waals surface area contributed by atoms with Gasteiger partial charge in [-0.1, -0.05) is 73.6 Å². The molecule has 0 bridgehead atoms. The maximum atomic E-state index is 14.7. The van der Waals surface area contributed by atoms with Crippen molar-refractivity contribution in [3.63, 3.8) is 0 Å². The van der Waals surface area contributed by atoms with Gasteiger partial charge in [0, 0.05) is 12.5 Å². The molecule has 0 radical (unpaired) electrons. The zero-order valence-electron chi connectivity index (χ0n) is 26.2. The van der Waals surface area contributed by atoms with Crippen molar-refractivity contribution in [3.05, 3.63) is 101 Å². The van der Waals surface area contributed by atoms with Gasteiger partial charge in [0.1, 0.15) is 23.4 Å². The Kier molecular flexibility index (Phi) is 11.6. The molecule has 3 unspecified atom stereocenters. The number of aryl methyl sites for hydroxylation is 1. The highest BCUT2D eigenvalue weighted by atomic mass is 35.5. The number of carbonyl (C=O) groups is 3. The lowest BCUT2D eigenvalue weighted by Crippen LogP contribution is -2.55.